The minimum absolute atomic E-state index is 0.670. The molecular formula is C11H8N4. The van der Waals surface area contributed by atoms with Crippen LogP contribution in [0.15, 0.2) is 49.2 Å². The van der Waals surface area contributed by atoms with Crippen LogP contribution in [0.3, 0.4) is 0 Å². The van der Waals surface area contributed by atoms with Crippen molar-refractivity contribution in [1.82, 2.24) is 19.4 Å². The van der Waals surface area contributed by atoms with Gasteiger partial charge in [-0.2, -0.15) is 0 Å². The smallest absolute Gasteiger partial charge is 0.237 e. The molecule has 72 valence electrons. The molecule has 0 N–H and O–H groups in total. The van der Waals surface area contributed by atoms with Crippen LogP contribution in [0.4, 0.5) is 0 Å². The van der Waals surface area contributed by atoms with Crippen LogP contribution in [0.25, 0.3) is 17.0 Å². The molecule has 0 aliphatic heterocycles. The standard InChI is InChI=1S/C11H8N4/c1-2-4-9(5-3-1)10-6-15-8-12-7-13-11(15)14-10/h1-8H. The summed E-state index contributed by atoms with van der Waals surface area (Å²) in [7, 11) is 0. The summed E-state index contributed by atoms with van der Waals surface area (Å²) in [4.78, 5) is 12.4. The molecule has 4 nitrogen and oxygen atoms in total. The molecule has 3 rings (SSSR count). The van der Waals surface area contributed by atoms with Crippen molar-refractivity contribution in [2.24, 2.45) is 0 Å². The van der Waals surface area contributed by atoms with Crippen molar-refractivity contribution < 1.29 is 0 Å². The first kappa shape index (κ1) is 8.11. The summed E-state index contributed by atoms with van der Waals surface area (Å²) in [5.74, 6) is 0.670. The molecule has 0 atom stereocenters. The number of rotatable bonds is 1. The average Bonchev–Trinajstić information content (AvgIpc) is 2.74. The van der Waals surface area contributed by atoms with E-state index in [-0.39, 0.29) is 0 Å². The topological polar surface area (TPSA) is 43.1 Å². The van der Waals surface area contributed by atoms with Gasteiger partial charge >= 0.3 is 0 Å². The Hall–Kier alpha value is -2.23. The number of nitrogens with zero attached hydrogens (tertiary/aromatic N) is 4. The van der Waals surface area contributed by atoms with Gasteiger partial charge in [0.15, 0.2) is 0 Å². The molecule has 0 aliphatic rings. The molecule has 15 heavy (non-hydrogen) atoms. The van der Waals surface area contributed by atoms with Gasteiger partial charge in [0.05, 0.1) is 5.69 Å². The fraction of sp³-hybridized carbons (Fsp3) is 0. The van der Waals surface area contributed by atoms with Crippen molar-refractivity contribution in [2.45, 2.75) is 0 Å². The van der Waals surface area contributed by atoms with Crippen LogP contribution in [0.5, 0.6) is 0 Å². The molecule has 0 saturated carbocycles. The zero-order valence-electron chi connectivity index (χ0n) is 7.91. The van der Waals surface area contributed by atoms with E-state index >= 15 is 0 Å². The predicted molar refractivity (Wildman–Crippen MR) is 56.2 cm³/mol. The van der Waals surface area contributed by atoms with E-state index in [2.05, 4.69) is 15.0 Å². The molecule has 0 spiro atoms. The molecule has 4 heteroatoms. The van der Waals surface area contributed by atoms with Gasteiger partial charge in [-0.3, -0.25) is 4.40 Å². The summed E-state index contributed by atoms with van der Waals surface area (Å²) in [5, 5.41) is 0. The minimum Gasteiger partial charge on any atom is -0.274 e. The lowest BCUT2D eigenvalue weighted by Gasteiger charge is -1.92. The van der Waals surface area contributed by atoms with E-state index in [1.807, 2.05) is 40.9 Å². The molecule has 0 unspecified atom stereocenters. The van der Waals surface area contributed by atoms with E-state index in [9.17, 15) is 0 Å². The Bertz CT molecular complexity index is 553. The van der Waals surface area contributed by atoms with Gasteiger partial charge < -0.3 is 0 Å². The van der Waals surface area contributed by atoms with Gasteiger partial charge in [0.25, 0.3) is 0 Å². The highest BCUT2D eigenvalue weighted by atomic mass is 15.1. The van der Waals surface area contributed by atoms with Gasteiger partial charge in [-0.1, -0.05) is 30.3 Å². The third-order valence-corrected chi connectivity index (χ3v) is 2.21. The van der Waals surface area contributed by atoms with Crippen LogP contribution < -0.4 is 0 Å². The van der Waals surface area contributed by atoms with Gasteiger partial charge in [0, 0.05) is 11.8 Å². The zero-order valence-corrected chi connectivity index (χ0v) is 7.91. The number of hydrogen-bond acceptors (Lipinski definition) is 3. The first-order chi connectivity index (χ1) is 7.43. The number of fused-ring (bicyclic) bond motifs is 1. The minimum atomic E-state index is 0.670. The van der Waals surface area contributed by atoms with Crippen molar-refractivity contribution >= 4 is 5.78 Å². The normalized spacial score (nSPS) is 10.7. The van der Waals surface area contributed by atoms with Gasteiger partial charge in [-0.15, -0.1) is 0 Å². The maximum Gasteiger partial charge on any atom is 0.237 e. The molecule has 0 saturated heterocycles. The van der Waals surface area contributed by atoms with Crippen molar-refractivity contribution in [1.29, 1.82) is 0 Å². The van der Waals surface area contributed by atoms with Crippen LogP contribution in [0.2, 0.25) is 0 Å². The summed E-state index contributed by atoms with van der Waals surface area (Å²) in [6.07, 6.45) is 5.11. The third kappa shape index (κ3) is 1.36. The highest BCUT2D eigenvalue weighted by molar-refractivity contribution is 5.60. The van der Waals surface area contributed by atoms with Gasteiger partial charge in [0.1, 0.15) is 12.7 Å². The van der Waals surface area contributed by atoms with Crippen molar-refractivity contribution in [2.75, 3.05) is 0 Å². The van der Waals surface area contributed by atoms with Gasteiger partial charge in [0.2, 0.25) is 5.78 Å². The molecule has 0 aliphatic carbocycles. The van der Waals surface area contributed by atoms with E-state index in [1.54, 1.807) is 6.33 Å². The Labute approximate surface area is 86.3 Å². The quantitative estimate of drug-likeness (QED) is 0.596. The predicted octanol–water partition coefficient (Wildman–Crippen LogP) is 1.79. The van der Waals surface area contributed by atoms with Gasteiger partial charge in [-0.25, -0.2) is 15.0 Å². The van der Waals surface area contributed by atoms with E-state index < -0.39 is 0 Å². The molecule has 0 amide bonds. The van der Waals surface area contributed by atoms with E-state index in [4.69, 9.17) is 0 Å². The summed E-state index contributed by atoms with van der Waals surface area (Å²) in [6, 6.07) is 10.0. The second kappa shape index (κ2) is 3.16. The number of aromatic nitrogens is 4. The highest BCUT2D eigenvalue weighted by Gasteiger charge is 2.03. The Morgan fingerprint density at radius 2 is 1.93 bits per heavy atom. The third-order valence-electron chi connectivity index (χ3n) is 2.21. The highest BCUT2D eigenvalue weighted by Crippen LogP contribution is 2.16. The second-order valence-corrected chi connectivity index (χ2v) is 3.21. The SMILES string of the molecule is c1ccc(-c2cn3cncnc3n2)cc1. The van der Waals surface area contributed by atoms with Crippen molar-refractivity contribution in [3.8, 4) is 11.3 Å². The van der Waals surface area contributed by atoms with Crippen LogP contribution in [-0.2, 0) is 0 Å². The number of benzene rings is 1. The summed E-state index contributed by atoms with van der Waals surface area (Å²) in [6.45, 7) is 0. The molecule has 0 radical (unpaired) electrons. The molecule has 1 aromatic carbocycles. The van der Waals surface area contributed by atoms with E-state index in [0.717, 1.165) is 11.3 Å². The van der Waals surface area contributed by atoms with Crippen LogP contribution in [-0.4, -0.2) is 19.4 Å². The largest absolute Gasteiger partial charge is 0.274 e. The fourth-order valence-corrected chi connectivity index (χ4v) is 1.50. The molecule has 3 aromatic rings. The Morgan fingerprint density at radius 3 is 2.73 bits per heavy atom. The van der Waals surface area contributed by atoms with Crippen LogP contribution in [0.1, 0.15) is 0 Å². The fourth-order valence-electron chi connectivity index (χ4n) is 1.50. The number of hydrogen-bond donors (Lipinski definition) is 0. The van der Waals surface area contributed by atoms with Crippen molar-refractivity contribution in [3.63, 3.8) is 0 Å². The van der Waals surface area contributed by atoms with E-state index in [0.29, 0.717) is 5.78 Å². The molecule has 2 heterocycles. The van der Waals surface area contributed by atoms with Crippen molar-refractivity contribution in [3.05, 3.63) is 49.2 Å². The Kier molecular flexibility index (Phi) is 1.71. The monoisotopic (exact) mass is 196 g/mol. The van der Waals surface area contributed by atoms with Crippen LogP contribution >= 0.6 is 0 Å². The molecule has 0 fully saturated rings. The maximum atomic E-state index is 4.39. The molecular weight excluding hydrogens is 188 g/mol. The number of imidazole rings is 1. The maximum absolute atomic E-state index is 4.39. The zero-order chi connectivity index (χ0) is 10.1. The first-order valence-corrected chi connectivity index (χ1v) is 4.63. The average molecular weight is 196 g/mol. The summed E-state index contributed by atoms with van der Waals surface area (Å²) < 4.78 is 1.81. The summed E-state index contributed by atoms with van der Waals surface area (Å²) >= 11 is 0. The Morgan fingerprint density at radius 1 is 1.07 bits per heavy atom. The Balaban J connectivity index is 2.21. The van der Waals surface area contributed by atoms with Gasteiger partial charge in [-0.05, 0) is 0 Å². The molecule has 0 bridgehead atoms. The van der Waals surface area contributed by atoms with E-state index in [1.165, 1.54) is 6.33 Å². The summed E-state index contributed by atoms with van der Waals surface area (Å²) in [5.41, 5.74) is 2.00. The molecule has 2 aromatic heterocycles. The lowest BCUT2D eigenvalue weighted by atomic mass is 10.2. The second-order valence-electron chi connectivity index (χ2n) is 3.21. The lowest BCUT2D eigenvalue weighted by Crippen LogP contribution is -1.86. The lowest BCUT2D eigenvalue weighted by molar-refractivity contribution is 1.01. The first-order valence-electron chi connectivity index (χ1n) is 4.63. The van der Waals surface area contributed by atoms with Crippen LogP contribution in [0, 0.1) is 0 Å².